The Hall–Kier alpha value is -1.54. The number of benzene rings is 1. The van der Waals surface area contributed by atoms with Gasteiger partial charge in [-0.2, -0.15) is 0 Å². The standard InChI is InChI=1S/C17H19NO.ClH/c1-13-15(14-8-4-2-5-9-14)12-17-16(18-13)10-6-3-7-11-19-17;/h2,4-5,8-9,12H,3,6-7,10-11H2,1H3;1H. The Bertz CT molecular complexity index is 569. The summed E-state index contributed by atoms with van der Waals surface area (Å²) in [5, 5.41) is 0. The van der Waals surface area contributed by atoms with Crippen LogP contribution < -0.4 is 4.74 Å². The van der Waals surface area contributed by atoms with Gasteiger partial charge in [-0.05, 0) is 44.2 Å². The SMILES string of the molecule is Cc1nc2c(cc1-c1ccccc1)OCCCCC2.Cl. The molecule has 2 nitrogen and oxygen atoms in total. The molecule has 1 aliphatic rings. The van der Waals surface area contributed by atoms with Gasteiger partial charge in [-0.1, -0.05) is 30.3 Å². The highest BCUT2D eigenvalue weighted by Gasteiger charge is 2.13. The summed E-state index contributed by atoms with van der Waals surface area (Å²) in [6, 6.07) is 12.6. The first kappa shape index (κ1) is 14.9. The zero-order chi connectivity index (χ0) is 13.1. The first-order valence-corrected chi connectivity index (χ1v) is 7.03. The fraction of sp³-hybridized carbons (Fsp3) is 0.353. The van der Waals surface area contributed by atoms with Gasteiger partial charge in [-0.3, -0.25) is 4.98 Å². The van der Waals surface area contributed by atoms with E-state index in [0.29, 0.717) is 0 Å². The summed E-state index contributed by atoms with van der Waals surface area (Å²) in [6.45, 7) is 2.90. The molecular formula is C17H20ClNO. The lowest BCUT2D eigenvalue weighted by Crippen LogP contribution is -2.07. The quantitative estimate of drug-likeness (QED) is 0.766. The largest absolute Gasteiger partial charge is 0.492 e. The van der Waals surface area contributed by atoms with Crippen molar-refractivity contribution in [2.24, 2.45) is 0 Å². The number of pyridine rings is 1. The van der Waals surface area contributed by atoms with E-state index in [9.17, 15) is 0 Å². The van der Waals surface area contributed by atoms with Gasteiger partial charge in [-0.15, -0.1) is 12.4 Å². The van der Waals surface area contributed by atoms with Crippen molar-refractivity contribution in [1.29, 1.82) is 0 Å². The highest BCUT2D eigenvalue weighted by molar-refractivity contribution is 5.85. The number of halogens is 1. The monoisotopic (exact) mass is 289 g/mol. The molecule has 0 bridgehead atoms. The van der Waals surface area contributed by atoms with Crippen molar-refractivity contribution in [1.82, 2.24) is 4.98 Å². The maximum Gasteiger partial charge on any atom is 0.141 e. The Labute approximate surface area is 126 Å². The number of aryl methyl sites for hydroxylation is 2. The van der Waals surface area contributed by atoms with Crippen LogP contribution in [0.1, 0.15) is 30.7 Å². The van der Waals surface area contributed by atoms with Crippen LogP contribution in [-0.4, -0.2) is 11.6 Å². The lowest BCUT2D eigenvalue weighted by atomic mass is 10.0. The molecule has 0 radical (unpaired) electrons. The van der Waals surface area contributed by atoms with Crippen LogP contribution in [0.15, 0.2) is 36.4 Å². The van der Waals surface area contributed by atoms with Crippen LogP contribution >= 0.6 is 12.4 Å². The zero-order valence-electron chi connectivity index (χ0n) is 11.8. The molecule has 0 spiro atoms. The summed E-state index contributed by atoms with van der Waals surface area (Å²) in [5.41, 5.74) is 4.60. The van der Waals surface area contributed by atoms with Crippen molar-refractivity contribution < 1.29 is 4.74 Å². The third-order valence-corrected chi connectivity index (χ3v) is 3.65. The van der Waals surface area contributed by atoms with Crippen LogP contribution in [0.2, 0.25) is 0 Å². The molecule has 3 heteroatoms. The molecule has 1 aromatic heterocycles. The summed E-state index contributed by atoms with van der Waals surface area (Å²) in [6.07, 6.45) is 4.63. The van der Waals surface area contributed by atoms with Gasteiger partial charge in [0, 0.05) is 11.3 Å². The molecule has 0 saturated heterocycles. The second-order valence-corrected chi connectivity index (χ2v) is 5.09. The highest BCUT2D eigenvalue weighted by atomic mass is 35.5. The van der Waals surface area contributed by atoms with Crippen LogP contribution in [0.3, 0.4) is 0 Å². The molecule has 106 valence electrons. The molecular weight excluding hydrogens is 270 g/mol. The second-order valence-electron chi connectivity index (χ2n) is 5.09. The van der Waals surface area contributed by atoms with Crippen molar-refractivity contribution in [3.63, 3.8) is 0 Å². The van der Waals surface area contributed by atoms with E-state index in [0.717, 1.165) is 36.6 Å². The predicted octanol–water partition coefficient (Wildman–Crippen LogP) is 4.58. The minimum absolute atomic E-state index is 0. The molecule has 0 amide bonds. The highest BCUT2D eigenvalue weighted by Crippen LogP contribution is 2.30. The van der Waals surface area contributed by atoms with Gasteiger partial charge in [0.2, 0.25) is 0 Å². The van der Waals surface area contributed by atoms with Crippen LogP contribution in [0.4, 0.5) is 0 Å². The molecule has 20 heavy (non-hydrogen) atoms. The zero-order valence-corrected chi connectivity index (χ0v) is 12.6. The van der Waals surface area contributed by atoms with Gasteiger partial charge in [0.1, 0.15) is 5.75 Å². The molecule has 0 aliphatic carbocycles. The van der Waals surface area contributed by atoms with Gasteiger partial charge in [0.25, 0.3) is 0 Å². The van der Waals surface area contributed by atoms with E-state index in [1.165, 1.54) is 24.0 Å². The topological polar surface area (TPSA) is 22.1 Å². The summed E-state index contributed by atoms with van der Waals surface area (Å²) >= 11 is 0. The van der Waals surface area contributed by atoms with Crippen molar-refractivity contribution in [3.8, 4) is 16.9 Å². The maximum absolute atomic E-state index is 5.88. The van der Waals surface area contributed by atoms with E-state index < -0.39 is 0 Å². The van der Waals surface area contributed by atoms with E-state index in [1.807, 2.05) is 6.07 Å². The Balaban J connectivity index is 0.00000147. The number of ether oxygens (including phenoxy) is 1. The number of hydrogen-bond donors (Lipinski definition) is 0. The lowest BCUT2D eigenvalue weighted by molar-refractivity contribution is 0.292. The van der Waals surface area contributed by atoms with Crippen LogP contribution in [0.5, 0.6) is 5.75 Å². The molecule has 0 saturated carbocycles. The molecule has 0 unspecified atom stereocenters. The molecule has 2 aromatic rings. The summed E-state index contributed by atoms with van der Waals surface area (Å²) < 4.78 is 5.88. The third-order valence-electron chi connectivity index (χ3n) is 3.65. The Morgan fingerprint density at radius 3 is 2.65 bits per heavy atom. The van der Waals surface area contributed by atoms with Crippen molar-refractivity contribution >= 4 is 12.4 Å². The molecule has 0 atom stereocenters. The average molecular weight is 290 g/mol. The first-order valence-electron chi connectivity index (χ1n) is 7.03. The molecule has 1 aromatic carbocycles. The Morgan fingerprint density at radius 1 is 1.05 bits per heavy atom. The first-order chi connectivity index (χ1) is 9.34. The second kappa shape index (κ2) is 6.76. The van der Waals surface area contributed by atoms with Gasteiger partial charge in [0.05, 0.1) is 12.3 Å². The van der Waals surface area contributed by atoms with Gasteiger partial charge < -0.3 is 4.74 Å². The Kier molecular flexibility index (Phi) is 5.02. The summed E-state index contributed by atoms with van der Waals surface area (Å²) in [7, 11) is 0. The number of rotatable bonds is 1. The summed E-state index contributed by atoms with van der Waals surface area (Å²) in [4.78, 5) is 4.77. The van der Waals surface area contributed by atoms with E-state index in [2.05, 4.69) is 37.3 Å². The number of fused-ring (bicyclic) bond motifs is 1. The lowest BCUT2D eigenvalue weighted by Gasteiger charge is -2.17. The van der Waals surface area contributed by atoms with Crippen molar-refractivity contribution in [2.45, 2.75) is 32.6 Å². The number of nitrogens with zero attached hydrogens (tertiary/aromatic N) is 1. The fourth-order valence-electron chi connectivity index (χ4n) is 2.60. The van der Waals surface area contributed by atoms with E-state index in [4.69, 9.17) is 9.72 Å². The van der Waals surface area contributed by atoms with Crippen molar-refractivity contribution in [2.75, 3.05) is 6.61 Å². The molecule has 1 aliphatic heterocycles. The van der Waals surface area contributed by atoms with Crippen molar-refractivity contribution in [3.05, 3.63) is 47.8 Å². The van der Waals surface area contributed by atoms with E-state index >= 15 is 0 Å². The maximum atomic E-state index is 5.88. The predicted molar refractivity (Wildman–Crippen MR) is 84.7 cm³/mol. The van der Waals surface area contributed by atoms with E-state index in [-0.39, 0.29) is 12.4 Å². The van der Waals surface area contributed by atoms with Gasteiger partial charge >= 0.3 is 0 Å². The minimum atomic E-state index is 0. The molecule has 2 heterocycles. The van der Waals surface area contributed by atoms with Crippen LogP contribution in [-0.2, 0) is 6.42 Å². The van der Waals surface area contributed by atoms with E-state index in [1.54, 1.807) is 0 Å². The number of aromatic nitrogens is 1. The number of hydrogen-bond acceptors (Lipinski definition) is 2. The molecule has 0 N–H and O–H groups in total. The average Bonchev–Trinajstić information content (AvgIpc) is 2.42. The fourth-order valence-corrected chi connectivity index (χ4v) is 2.60. The molecule has 0 fully saturated rings. The summed E-state index contributed by atoms with van der Waals surface area (Å²) in [5.74, 6) is 0.976. The Morgan fingerprint density at radius 2 is 1.85 bits per heavy atom. The van der Waals surface area contributed by atoms with Gasteiger partial charge in [-0.25, -0.2) is 0 Å². The minimum Gasteiger partial charge on any atom is -0.492 e. The third kappa shape index (κ3) is 3.13. The molecule has 3 rings (SSSR count). The van der Waals surface area contributed by atoms with Crippen LogP contribution in [0.25, 0.3) is 11.1 Å². The van der Waals surface area contributed by atoms with Gasteiger partial charge in [0.15, 0.2) is 0 Å². The van der Waals surface area contributed by atoms with Crippen LogP contribution in [0, 0.1) is 6.92 Å². The smallest absolute Gasteiger partial charge is 0.141 e. The normalized spacial score (nSPS) is 14.2.